The van der Waals surface area contributed by atoms with Gasteiger partial charge in [-0.25, -0.2) is 0 Å². The number of hydrogen-bond donors (Lipinski definition) is 3. The van der Waals surface area contributed by atoms with Crippen LogP contribution in [0.5, 0.6) is 5.75 Å². The maximum absolute atomic E-state index is 11.8. The Hall–Kier alpha value is -2.00. The van der Waals surface area contributed by atoms with Gasteiger partial charge in [-0.2, -0.15) is 0 Å². The fourth-order valence-corrected chi connectivity index (χ4v) is 2.60. The molecule has 0 bridgehead atoms. The van der Waals surface area contributed by atoms with Crippen LogP contribution < -0.4 is 20.7 Å². The summed E-state index contributed by atoms with van der Waals surface area (Å²) in [4.78, 5) is 16.0. The molecular formula is C21H28ClIN4O2. The topological polar surface area (TPSA) is 74.8 Å². The van der Waals surface area contributed by atoms with Crippen LogP contribution >= 0.6 is 35.6 Å². The van der Waals surface area contributed by atoms with E-state index in [1.807, 2.05) is 50.2 Å². The molecule has 3 N–H and O–H groups in total. The number of amides is 1. The van der Waals surface area contributed by atoms with Gasteiger partial charge in [-0.05, 0) is 55.8 Å². The highest BCUT2D eigenvalue weighted by atomic mass is 127. The zero-order valence-electron chi connectivity index (χ0n) is 16.9. The smallest absolute Gasteiger partial charge is 0.251 e. The number of rotatable bonds is 8. The van der Waals surface area contributed by atoms with E-state index in [4.69, 9.17) is 16.3 Å². The van der Waals surface area contributed by atoms with Crippen LogP contribution in [0.3, 0.4) is 0 Å². The van der Waals surface area contributed by atoms with Crippen LogP contribution in [-0.2, 0) is 6.54 Å². The number of aliphatic imine (C=N–C) groups is 1. The van der Waals surface area contributed by atoms with Gasteiger partial charge in [-0.15, -0.1) is 24.0 Å². The van der Waals surface area contributed by atoms with Crippen molar-refractivity contribution in [2.24, 2.45) is 4.99 Å². The lowest BCUT2D eigenvalue weighted by atomic mass is 10.1. The molecular weight excluding hydrogens is 503 g/mol. The SMILES string of the molecule is CCNC(=O)c1ccc(CNC(=NC)NCC(C)Oc2ccc(Cl)cc2)cc1.I. The Kier molecular flexibility index (Phi) is 11.5. The standard InChI is InChI=1S/C21H27ClN4O2.HI/c1-4-24-20(27)17-7-5-16(6-8-17)14-26-21(23-3)25-13-15(2)28-19-11-9-18(22)10-12-19;/h5-12,15H,4,13-14H2,1-3H3,(H,24,27)(H2,23,25,26);1H. The lowest BCUT2D eigenvalue weighted by molar-refractivity contribution is 0.0956. The summed E-state index contributed by atoms with van der Waals surface area (Å²) < 4.78 is 5.84. The first-order chi connectivity index (χ1) is 13.5. The molecule has 2 aromatic rings. The summed E-state index contributed by atoms with van der Waals surface area (Å²) >= 11 is 5.88. The molecule has 158 valence electrons. The highest BCUT2D eigenvalue weighted by Crippen LogP contribution is 2.16. The van der Waals surface area contributed by atoms with Gasteiger partial charge in [0.2, 0.25) is 0 Å². The molecule has 0 radical (unpaired) electrons. The Bertz CT molecular complexity index is 782. The lowest BCUT2D eigenvalue weighted by Crippen LogP contribution is -2.41. The third-order valence-electron chi connectivity index (χ3n) is 3.94. The number of halogens is 2. The fraction of sp³-hybridized carbons (Fsp3) is 0.333. The lowest BCUT2D eigenvalue weighted by Gasteiger charge is -2.18. The normalized spacial score (nSPS) is 11.8. The summed E-state index contributed by atoms with van der Waals surface area (Å²) in [6, 6.07) is 14.8. The minimum atomic E-state index is -0.0610. The molecule has 0 aliphatic heterocycles. The van der Waals surface area contributed by atoms with Gasteiger partial charge in [-0.3, -0.25) is 9.79 Å². The van der Waals surface area contributed by atoms with Gasteiger partial charge in [0.05, 0.1) is 6.54 Å². The van der Waals surface area contributed by atoms with E-state index in [1.165, 1.54) is 0 Å². The van der Waals surface area contributed by atoms with Gasteiger partial charge < -0.3 is 20.7 Å². The molecule has 2 rings (SSSR count). The Morgan fingerprint density at radius 1 is 1.07 bits per heavy atom. The molecule has 0 spiro atoms. The Labute approximate surface area is 194 Å². The van der Waals surface area contributed by atoms with Gasteiger partial charge in [-0.1, -0.05) is 23.7 Å². The third-order valence-corrected chi connectivity index (χ3v) is 4.20. The third kappa shape index (κ3) is 8.91. The van der Waals surface area contributed by atoms with Crippen molar-refractivity contribution in [3.63, 3.8) is 0 Å². The van der Waals surface area contributed by atoms with Crippen molar-refractivity contribution in [1.82, 2.24) is 16.0 Å². The first kappa shape index (κ1) is 25.0. The van der Waals surface area contributed by atoms with Gasteiger partial charge in [0.15, 0.2) is 5.96 Å². The predicted octanol–water partition coefficient (Wildman–Crippen LogP) is 3.84. The van der Waals surface area contributed by atoms with Gasteiger partial charge in [0, 0.05) is 30.7 Å². The molecule has 0 saturated carbocycles. The van der Waals surface area contributed by atoms with Crippen molar-refractivity contribution in [2.45, 2.75) is 26.5 Å². The van der Waals surface area contributed by atoms with Crippen molar-refractivity contribution in [3.8, 4) is 5.75 Å². The molecule has 0 aliphatic rings. The second kappa shape index (κ2) is 13.3. The van der Waals surface area contributed by atoms with Crippen LogP contribution in [-0.4, -0.2) is 38.1 Å². The second-order valence-electron chi connectivity index (χ2n) is 6.25. The van der Waals surface area contributed by atoms with E-state index in [0.717, 1.165) is 11.3 Å². The molecule has 0 heterocycles. The summed E-state index contributed by atoms with van der Waals surface area (Å²) in [7, 11) is 1.72. The molecule has 0 aromatic heterocycles. The van der Waals surface area contributed by atoms with Crippen LogP contribution in [0.2, 0.25) is 5.02 Å². The van der Waals surface area contributed by atoms with Crippen LogP contribution in [0.1, 0.15) is 29.8 Å². The number of hydrogen-bond acceptors (Lipinski definition) is 3. The molecule has 0 aliphatic carbocycles. The first-order valence-corrected chi connectivity index (χ1v) is 9.63. The van der Waals surface area contributed by atoms with Crippen LogP contribution in [0.4, 0.5) is 0 Å². The van der Waals surface area contributed by atoms with E-state index >= 15 is 0 Å². The minimum Gasteiger partial charge on any atom is -0.489 e. The molecule has 2 aromatic carbocycles. The Morgan fingerprint density at radius 3 is 2.31 bits per heavy atom. The van der Waals surface area contributed by atoms with Crippen molar-refractivity contribution in [1.29, 1.82) is 0 Å². The number of nitrogens with zero attached hydrogens (tertiary/aromatic N) is 1. The zero-order chi connectivity index (χ0) is 20.4. The van der Waals surface area contributed by atoms with E-state index in [0.29, 0.717) is 36.2 Å². The van der Waals surface area contributed by atoms with E-state index < -0.39 is 0 Å². The summed E-state index contributed by atoms with van der Waals surface area (Å²) in [5.41, 5.74) is 1.71. The fourth-order valence-electron chi connectivity index (χ4n) is 2.47. The van der Waals surface area contributed by atoms with Crippen molar-refractivity contribution in [3.05, 3.63) is 64.7 Å². The largest absolute Gasteiger partial charge is 0.489 e. The van der Waals surface area contributed by atoms with E-state index in [9.17, 15) is 4.79 Å². The van der Waals surface area contributed by atoms with E-state index in [-0.39, 0.29) is 36.0 Å². The van der Waals surface area contributed by atoms with Crippen molar-refractivity contribution in [2.75, 3.05) is 20.1 Å². The molecule has 8 heteroatoms. The molecule has 29 heavy (non-hydrogen) atoms. The number of carbonyl (C=O) groups is 1. The summed E-state index contributed by atoms with van der Waals surface area (Å²) in [6.45, 7) is 5.69. The zero-order valence-corrected chi connectivity index (χ0v) is 20.0. The monoisotopic (exact) mass is 530 g/mol. The minimum absolute atomic E-state index is 0. The van der Waals surface area contributed by atoms with Crippen LogP contribution in [0, 0.1) is 0 Å². The maximum Gasteiger partial charge on any atom is 0.251 e. The number of nitrogens with one attached hydrogen (secondary N) is 3. The number of benzene rings is 2. The van der Waals surface area contributed by atoms with Crippen LogP contribution in [0.25, 0.3) is 0 Å². The van der Waals surface area contributed by atoms with E-state index in [1.54, 1.807) is 19.2 Å². The van der Waals surface area contributed by atoms with Crippen molar-refractivity contribution >= 4 is 47.4 Å². The summed E-state index contributed by atoms with van der Waals surface area (Å²) in [6.07, 6.45) is -0.0453. The molecule has 1 atom stereocenters. The highest BCUT2D eigenvalue weighted by molar-refractivity contribution is 14.0. The average Bonchev–Trinajstić information content (AvgIpc) is 2.70. The second-order valence-corrected chi connectivity index (χ2v) is 6.68. The van der Waals surface area contributed by atoms with Crippen molar-refractivity contribution < 1.29 is 9.53 Å². The van der Waals surface area contributed by atoms with Gasteiger partial charge >= 0.3 is 0 Å². The summed E-state index contributed by atoms with van der Waals surface area (Å²) in [5.74, 6) is 1.39. The number of guanidine groups is 1. The summed E-state index contributed by atoms with van der Waals surface area (Å²) in [5, 5.41) is 9.96. The molecule has 1 unspecified atom stereocenters. The molecule has 0 fully saturated rings. The van der Waals surface area contributed by atoms with Gasteiger partial charge in [0.1, 0.15) is 11.9 Å². The Balaban J connectivity index is 0.00000420. The average molecular weight is 531 g/mol. The van der Waals surface area contributed by atoms with E-state index in [2.05, 4.69) is 20.9 Å². The molecule has 0 saturated heterocycles. The Morgan fingerprint density at radius 2 is 1.72 bits per heavy atom. The highest BCUT2D eigenvalue weighted by Gasteiger charge is 2.07. The first-order valence-electron chi connectivity index (χ1n) is 9.25. The number of ether oxygens (including phenoxy) is 1. The molecule has 1 amide bonds. The van der Waals surface area contributed by atoms with Gasteiger partial charge in [0.25, 0.3) is 5.91 Å². The maximum atomic E-state index is 11.8. The number of carbonyl (C=O) groups excluding carboxylic acids is 1. The quantitative estimate of drug-likeness (QED) is 0.275. The van der Waals surface area contributed by atoms with Crippen LogP contribution in [0.15, 0.2) is 53.5 Å². The predicted molar refractivity (Wildman–Crippen MR) is 130 cm³/mol. The molecule has 6 nitrogen and oxygen atoms in total.